The van der Waals surface area contributed by atoms with Gasteiger partial charge in [-0.2, -0.15) is 11.8 Å². The fraction of sp³-hybridized carbons (Fsp3) is 0.714. The molecule has 0 bridgehead atoms. The molecule has 2 rings (SSSR count). The lowest BCUT2D eigenvalue weighted by atomic mass is 10.1. The molecule has 0 amide bonds. The molecule has 1 aliphatic carbocycles. The van der Waals surface area contributed by atoms with Crippen LogP contribution in [0.3, 0.4) is 0 Å². The number of aryl methyl sites for hydroxylation is 1. The Morgan fingerprint density at radius 2 is 2.37 bits per heavy atom. The molecule has 0 N–H and O–H groups in total. The summed E-state index contributed by atoms with van der Waals surface area (Å²) in [6, 6.07) is 0. The first-order valence-electron chi connectivity index (χ1n) is 6.84. The monoisotopic (exact) mass is 299 g/mol. The molecular formula is C14H21NO2S2. The molecule has 1 heterocycles. The Hall–Kier alpha value is -0.550. The van der Waals surface area contributed by atoms with Crippen molar-refractivity contribution in [2.75, 3.05) is 12.4 Å². The first-order valence-corrected chi connectivity index (χ1v) is 8.81. The molecular weight excluding hydrogens is 278 g/mol. The van der Waals surface area contributed by atoms with Crippen LogP contribution in [0.5, 0.6) is 0 Å². The number of carbonyl (C=O) groups is 1. The van der Waals surface area contributed by atoms with Gasteiger partial charge in [-0.05, 0) is 31.4 Å². The van der Waals surface area contributed by atoms with Crippen molar-refractivity contribution in [1.29, 1.82) is 0 Å². The number of rotatable bonds is 6. The summed E-state index contributed by atoms with van der Waals surface area (Å²) in [5, 5.41) is 1.16. The maximum atomic E-state index is 11.9. The van der Waals surface area contributed by atoms with Crippen LogP contribution in [0.25, 0.3) is 0 Å². The third-order valence-electron chi connectivity index (χ3n) is 3.01. The molecule has 1 aliphatic rings. The Labute approximate surface area is 123 Å². The van der Waals surface area contributed by atoms with E-state index in [4.69, 9.17) is 4.74 Å². The van der Waals surface area contributed by atoms with Crippen LogP contribution < -0.4 is 0 Å². The predicted molar refractivity (Wildman–Crippen MR) is 80.8 cm³/mol. The minimum absolute atomic E-state index is 0.104. The molecule has 1 aromatic heterocycles. The molecule has 0 radical (unpaired) electrons. The predicted octanol–water partition coefficient (Wildman–Crippen LogP) is 3.63. The molecule has 1 atom stereocenters. The molecule has 1 aromatic rings. The van der Waals surface area contributed by atoms with Crippen LogP contribution in [-0.2, 0) is 21.7 Å². The summed E-state index contributed by atoms with van der Waals surface area (Å²) in [5.41, 5.74) is 0.989. The lowest BCUT2D eigenvalue weighted by Crippen LogP contribution is -2.14. The summed E-state index contributed by atoms with van der Waals surface area (Å²) in [7, 11) is 0. The zero-order chi connectivity index (χ0) is 13.8. The van der Waals surface area contributed by atoms with Crippen LogP contribution in [0.4, 0.5) is 0 Å². The topological polar surface area (TPSA) is 39.2 Å². The second-order valence-electron chi connectivity index (χ2n) is 5.17. The number of esters is 1. The van der Waals surface area contributed by atoms with E-state index in [1.54, 1.807) is 11.3 Å². The van der Waals surface area contributed by atoms with Crippen LogP contribution >= 0.6 is 23.1 Å². The molecule has 0 aromatic carbocycles. The zero-order valence-electron chi connectivity index (χ0n) is 11.8. The van der Waals surface area contributed by atoms with Gasteiger partial charge in [-0.3, -0.25) is 4.79 Å². The molecule has 0 saturated heterocycles. The Morgan fingerprint density at radius 1 is 1.58 bits per heavy atom. The van der Waals surface area contributed by atoms with E-state index in [0.717, 1.165) is 35.0 Å². The highest BCUT2D eigenvalue weighted by molar-refractivity contribution is 7.98. The maximum absolute atomic E-state index is 11.9. The SMILES string of the molecule is CCOC(=O)C1CCc2sc(CSCC(C)C)nc21. The molecule has 106 valence electrons. The van der Waals surface area contributed by atoms with Crippen molar-refractivity contribution >= 4 is 29.1 Å². The molecule has 3 nitrogen and oxygen atoms in total. The number of hydrogen-bond acceptors (Lipinski definition) is 5. The van der Waals surface area contributed by atoms with Crippen molar-refractivity contribution < 1.29 is 9.53 Å². The Balaban J connectivity index is 1.97. The molecule has 19 heavy (non-hydrogen) atoms. The average Bonchev–Trinajstić information content (AvgIpc) is 2.87. The summed E-state index contributed by atoms with van der Waals surface area (Å²) in [5.74, 6) is 2.61. The van der Waals surface area contributed by atoms with Gasteiger partial charge in [-0.15, -0.1) is 11.3 Å². The normalized spacial score (nSPS) is 17.8. The number of fused-ring (bicyclic) bond motifs is 1. The summed E-state index contributed by atoms with van der Waals surface area (Å²) in [6.45, 7) is 6.76. The van der Waals surface area contributed by atoms with Crippen molar-refractivity contribution in [1.82, 2.24) is 4.98 Å². The largest absolute Gasteiger partial charge is 0.465 e. The van der Waals surface area contributed by atoms with Crippen LogP contribution in [0.1, 0.15) is 48.7 Å². The van der Waals surface area contributed by atoms with Gasteiger partial charge in [0.05, 0.1) is 12.3 Å². The van der Waals surface area contributed by atoms with Gasteiger partial charge < -0.3 is 4.74 Å². The summed E-state index contributed by atoms with van der Waals surface area (Å²) >= 11 is 3.70. The average molecular weight is 299 g/mol. The van der Waals surface area contributed by atoms with Gasteiger partial charge in [-0.25, -0.2) is 4.98 Å². The Morgan fingerprint density at radius 3 is 3.05 bits per heavy atom. The second kappa shape index (κ2) is 6.75. The van der Waals surface area contributed by atoms with E-state index < -0.39 is 0 Å². The van der Waals surface area contributed by atoms with Crippen molar-refractivity contribution in [3.8, 4) is 0 Å². The first kappa shape index (κ1) is 14.9. The van der Waals surface area contributed by atoms with Gasteiger partial charge in [-0.1, -0.05) is 13.8 Å². The third kappa shape index (κ3) is 3.72. The van der Waals surface area contributed by atoms with E-state index in [2.05, 4.69) is 18.8 Å². The van der Waals surface area contributed by atoms with Gasteiger partial charge in [0.15, 0.2) is 0 Å². The van der Waals surface area contributed by atoms with Crippen LogP contribution in [0.15, 0.2) is 0 Å². The van der Waals surface area contributed by atoms with Crippen molar-refractivity contribution in [2.24, 2.45) is 5.92 Å². The lowest BCUT2D eigenvalue weighted by molar-refractivity contribution is -0.145. The lowest BCUT2D eigenvalue weighted by Gasteiger charge is -2.07. The Kier molecular flexibility index (Phi) is 5.28. The van der Waals surface area contributed by atoms with Crippen LogP contribution in [-0.4, -0.2) is 23.3 Å². The minimum Gasteiger partial charge on any atom is -0.465 e. The van der Waals surface area contributed by atoms with E-state index in [0.29, 0.717) is 12.5 Å². The maximum Gasteiger partial charge on any atom is 0.315 e. The number of carbonyl (C=O) groups excluding carboxylic acids is 1. The van der Waals surface area contributed by atoms with Gasteiger partial charge in [0.25, 0.3) is 0 Å². The van der Waals surface area contributed by atoms with Crippen molar-refractivity contribution in [2.45, 2.75) is 45.3 Å². The fourth-order valence-corrected chi connectivity index (χ4v) is 4.45. The number of thiazole rings is 1. The van der Waals surface area contributed by atoms with E-state index in [1.807, 2.05) is 18.7 Å². The number of aromatic nitrogens is 1. The van der Waals surface area contributed by atoms with E-state index >= 15 is 0 Å². The van der Waals surface area contributed by atoms with Crippen molar-refractivity contribution in [3.63, 3.8) is 0 Å². The summed E-state index contributed by atoms with van der Waals surface area (Å²) in [6.07, 6.45) is 1.84. The molecule has 0 saturated carbocycles. The number of ether oxygens (including phenoxy) is 1. The number of hydrogen-bond donors (Lipinski definition) is 0. The van der Waals surface area contributed by atoms with E-state index in [1.165, 1.54) is 4.88 Å². The highest BCUT2D eigenvalue weighted by Gasteiger charge is 2.33. The van der Waals surface area contributed by atoms with Crippen LogP contribution in [0.2, 0.25) is 0 Å². The van der Waals surface area contributed by atoms with E-state index in [-0.39, 0.29) is 11.9 Å². The van der Waals surface area contributed by atoms with Crippen molar-refractivity contribution in [3.05, 3.63) is 15.6 Å². The highest BCUT2D eigenvalue weighted by atomic mass is 32.2. The molecule has 1 unspecified atom stereocenters. The van der Waals surface area contributed by atoms with E-state index in [9.17, 15) is 4.79 Å². The Bertz CT molecular complexity index is 443. The van der Waals surface area contributed by atoms with Crippen LogP contribution in [0, 0.1) is 5.92 Å². The number of nitrogens with zero attached hydrogens (tertiary/aromatic N) is 1. The molecule has 0 fully saturated rings. The summed E-state index contributed by atoms with van der Waals surface area (Å²) < 4.78 is 5.13. The van der Waals surface area contributed by atoms with Gasteiger partial charge in [0.2, 0.25) is 0 Å². The quantitative estimate of drug-likeness (QED) is 0.752. The minimum atomic E-state index is -0.116. The standard InChI is InChI=1S/C14H21NO2S2/c1-4-17-14(16)10-5-6-11-13(10)15-12(19-11)8-18-7-9(2)3/h9-10H,4-8H2,1-3H3. The second-order valence-corrected chi connectivity index (χ2v) is 7.37. The molecule has 5 heteroatoms. The van der Waals surface area contributed by atoms with Gasteiger partial charge >= 0.3 is 5.97 Å². The van der Waals surface area contributed by atoms with Gasteiger partial charge in [0, 0.05) is 10.6 Å². The summed E-state index contributed by atoms with van der Waals surface area (Å²) in [4.78, 5) is 17.8. The smallest absolute Gasteiger partial charge is 0.315 e. The molecule has 0 aliphatic heterocycles. The third-order valence-corrected chi connectivity index (χ3v) is 5.70. The first-order chi connectivity index (χ1) is 9.11. The zero-order valence-corrected chi connectivity index (χ0v) is 13.4. The molecule has 0 spiro atoms. The highest BCUT2D eigenvalue weighted by Crippen LogP contribution is 2.38. The van der Waals surface area contributed by atoms with Gasteiger partial charge in [0.1, 0.15) is 10.9 Å². The number of thioether (sulfide) groups is 1. The fourth-order valence-electron chi connectivity index (χ4n) is 2.19.